The molecule has 3 nitrogen and oxygen atoms in total. The van der Waals surface area contributed by atoms with Gasteiger partial charge in [-0.25, -0.2) is 4.98 Å². The van der Waals surface area contributed by atoms with Gasteiger partial charge in [-0.2, -0.15) is 13.2 Å². The van der Waals surface area contributed by atoms with Crippen molar-refractivity contribution in [2.24, 2.45) is 0 Å². The molecular weight excluding hydrogens is 481 g/mol. The van der Waals surface area contributed by atoms with E-state index < -0.39 is 11.9 Å². The van der Waals surface area contributed by atoms with E-state index in [4.69, 9.17) is 0 Å². The summed E-state index contributed by atoms with van der Waals surface area (Å²) in [5.41, 5.74) is -0.357. The predicted molar refractivity (Wildman–Crippen MR) is 147 cm³/mol. The van der Waals surface area contributed by atoms with Crippen LogP contribution in [0.4, 0.5) is 13.2 Å². The molecule has 1 aromatic rings. The van der Waals surface area contributed by atoms with Crippen LogP contribution in [0.2, 0.25) is 0 Å². The summed E-state index contributed by atoms with van der Waals surface area (Å²) < 4.78 is 38.6. The van der Waals surface area contributed by atoms with Gasteiger partial charge in [-0.3, -0.25) is 4.79 Å². The zero-order valence-electron chi connectivity index (χ0n) is 21.7. The summed E-state index contributed by atoms with van der Waals surface area (Å²) in [6.07, 6.45) is 23.1. The number of nitrogens with one attached hydrogen (secondary N) is 1. The van der Waals surface area contributed by atoms with Crippen molar-refractivity contribution in [2.45, 2.75) is 90.7 Å². The van der Waals surface area contributed by atoms with E-state index in [2.05, 4.69) is 72.4 Å². The average molecular weight is 523 g/mol. The van der Waals surface area contributed by atoms with E-state index in [1.165, 1.54) is 32.6 Å². The molecule has 200 valence electrons. The molecule has 0 unspecified atom stereocenters. The summed E-state index contributed by atoms with van der Waals surface area (Å²) in [7, 11) is 0. The fraction of sp³-hybridized carbons (Fsp3) is 0.517. The first-order chi connectivity index (χ1) is 17.3. The minimum absolute atomic E-state index is 0.0648. The van der Waals surface area contributed by atoms with E-state index in [0.29, 0.717) is 25.0 Å². The first kappa shape index (κ1) is 31.6. The van der Waals surface area contributed by atoms with Crippen molar-refractivity contribution in [1.82, 2.24) is 10.3 Å². The number of allylic oxidation sites excluding steroid dienone is 8. The number of aryl methyl sites for hydroxylation is 1. The molecule has 7 heteroatoms. The highest BCUT2D eigenvalue weighted by atomic mass is 32.1. The maximum absolute atomic E-state index is 12.9. The van der Waals surface area contributed by atoms with Crippen LogP contribution in [0, 0.1) is 6.92 Å². The van der Waals surface area contributed by atoms with Crippen molar-refractivity contribution in [3.63, 3.8) is 0 Å². The van der Waals surface area contributed by atoms with Gasteiger partial charge >= 0.3 is 6.18 Å². The zero-order chi connectivity index (χ0) is 26.7. The molecule has 36 heavy (non-hydrogen) atoms. The summed E-state index contributed by atoms with van der Waals surface area (Å²) in [4.78, 5) is 15.8. The molecule has 0 aliphatic rings. The minimum atomic E-state index is -4.46. The molecule has 0 aromatic carbocycles. The minimum Gasteiger partial charge on any atom is -0.356 e. The fourth-order valence-corrected chi connectivity index (χ4v) is 4.23. The standard InChI is InChI=1S/C29H41F3N2OS/c1-4-5-6-7-8-9-10-11-12-13-14-15-16-17-18-19-20-21-26(35)33-23-22-24(2)28-34-27(25(3)36-28)29(30,31)32/h8-9,11-12,14-15,17-18H,2,4-7,10,13,16,19-23H2,1,3H3,(H,33,35)/b9-8-,12-11-,15-14-,18-17-. The summed E-state index contributed by atoms with van der Waals surface area (Å²) in [6.45, 7) is 7.77. The molecule has 0 aliphatic carbocycles. The maximum atomic E-state index is 12.9. The number of unbranched alkanes of at least 4 members (excludes halogenated alkanes) is 4. The van der Waals surface area contributed by atoms with E-state index in [0.717, 1.165) is 43.4 Å². The summed E-state index contributed by atoms with van der Waals surface area (Å²) in [6, 6.07) is 0. The third-order valence-corrected chi connectivity index (χ3v) is 6.42. The number of hydrogen-bond donors (Lipinski definition) is 1. The molecule has 0 aliphatic heterocycles. The monoisotopic (exact) mass is 522 g/mol. The Kier molecular flexibility index (Phi) is 16.5. The molecule has 0 spiro atoms. The van der Waals surface area contributed by atoms with Gasteiger partial charge in [-0.15, -0.1) is 11.3 Å². The van der Waals surface area contributed by atoms with Crippen molar-refractivity contribution in [3.8, 4) is 0 Å². The normalized spacial score (nSPS) is 12.6. The van der Waals surface area contributed by atoms with Gasteiger partial charge in [-0.05, 0) is 63.9 Å². The van der Waals surface area contributed by atoms with Gasteiger partial charge in [0.2, 0.25) is 5.91 Å². The van der Waals surface area contributed by atoms with Crippen molar-refractivity contribution in [2.75, 3.05) is 6.54 Å². The molecular formula is C29H41F3N2OS. The third kappa shape index (κ3) is 14.9. The highest BCUT2D eigenvalue weighted by Gasteiger charge is 2.36. The Morgan fingerprint density at radius 1 is 0.917 bits per heavy atom. The Morgan fingerprint density at radius 2 is 1.47 bits per heavy atom. The van der Waals surface area contributed by atoms with Crippen LogP contribution in [0.15, 0.2) is 55.2 Å². The number of aromatic nitrogens is 1. The third-order valence-electron chi connectivity index (χ3n) is 5.35. The molecule has 1 N–H and O–H groups in total. The lowest BCUT2D eigenvalue weighted by molar-refractivity contribution is -0.141. The van der Waals surface area contributed by atoms with Gasteiger partial charge in [-0.1, -0.05) is 75.0 Å². The first-order valence-corrected chi connectivity index (χ1v) is 13.7. The number of carbonyl (C=O) groups excluding carboxylic acids is 1. The van der Waals surface area contributed by atoms with Crippen molar-refractivity contribution in [3.05, 3.63) is 70.8 Å². The lowest BCUT2D eigenvalue weighted by Gasteiger charge is -2.06. The number of rotatable bonds is 18. The Balaban J connectivity index is 2.07. The molecule has 1 rings (SSSR count). The topological polar surface area (TPSA) is 42.0 Å². The van der Waals surface area contributed by atoms with Crippen LogP contribution in [-0.4, -0.2) is 17.4 Å². The highest BCUT2D eigenvalue weighted by molar-refractivity contribution is 7.12. The second-order valence-electron chi connectivity index (χ2n) is 8.61. The average Bonchev–Trinajstić information content (AvgIpc) is 3.23. The smallest absolute Gasteiger partial charge is 0.356 e. The largest absolute Gasteiger partial charge is 0.434 e. The molecule has 0 fully saturated rings. The molecule has 0 atom stereocenters. The highest BCUT2D eigenvalue weighted by Crippen LogP contribution is 2.35. The summed E-state index contributed by atoms with van der Waals surface area (Å²) in [5, 5.41) is 3.07. The quantitative estimate of drug-likeness (QED) is 0.154. The second kappa shape index (κ2) is 18.8. The fourth-order valence-electron chi connectivity index (χ4n) is 3.30. The lowest BCUT2D eigenvalue weighted by Crippen LogP contribution is -2.24. The molecule has 0 saturated heterocycles. The molecule has 1 heterocycles. The van der Waals surface area contributed by atoms with Crippen LogP contribution >= 0.6 is 11.3 Å². The Hall–Kier alpha value is -2.41. The van der Waals surface area contributed by atoms with Crippen LogP contribution < -0.4 is 5.32 Å². The Bertz CT molecular complexity index is 895. The van der Waals surface area contributed by atoms with Crippen LogP contribution in [-0.2, 0) is 11.0 Å². The lowest BCUT2D eigenvalue weighted by atomic mass is 10.2. The van der Waals surface area contributed by atoms with Gasteiger partial charge < -0.3 is 5.32 Å². The molecule has 1 aromatic heterocycles. The summed E-state index contributed by atoms with van der Waals surface area (Å²) in [5.74, 6) is -0.0648. The van der Waals surface area contributed by atoms with E-state index >= 15 is 0 Å². The Morgan fingerprint density at radius 3 is 2.00 bits per heavy atom. The summed E-state index contributed by atoms with van der Waals surface area (Å²) >= 11 is 0.980. The number of hydrogen-bond acceptors (Lipinski definition) is 3. The number of thiazole rings is 1. The van der Waals surface area contributed by atoms with Gasteiger partial charge in [0.05, 0.1) is 0 Å². The predicted octanol–water partition coefficient (Wildman–Crippen LogP) is 9.14. The molecule has 0 radical (unpaired) electrons. The first-order valence-electron chi connectivity index (χ1n) is 12.8. The number of halogens is 3. The number of amides is 1. The van der Waals surface area contributed by atoms with E-state index in [-0.39, 0.29) is 15.8 Å². The van der Waals surface area contributed by atoms with Gasteiger partial charge in [0.1, 0.15) is 5.01 Å². The van der Waals surface area contributed by atoms with Gasteiger partial charge in [0, 0.05) is 17.8 Å². The second-order valence-corrected chi connectivity index (χ2v) is 9.81. The number of alkyl halides is 3. The number of nitrogens with zero attached hydrogens (tertiary/aromatic N) is 1. The van der Waals surface area contributed by atoms with Gasteiger partial charge in [0.15, 0.2) is 5.69 Å². The van der Waals surface area contributed by atoms with Crippen LogP contribution in [0.3, 0.4) is 0 Å². The van der Waals surface area contributed by atoms with E-state index in [1.807, 2.05) is 0 Å². The Labute approximate surface area is 219 Å². The van der Waals surface area contributed by atoms with E-state index in [1.54, 1.807) is 0 Å². The maximum Gasteiger partial charge on any atom is 0.434 e. The van der Waals surface area contributed by atoms with Crippen LogP contribution in [0.1, 0.15) is 93.1 Å². The molecule has 1 amide bonds. The van der Waals surface area contributed by atoms with Crippen molar-refractivity contribution in [1.29, 1.82) is 0 Å². The van der Waals surface area contributed by atoms with Crippen molar-refractivity contribution < 1.29 is 18.0 Å². The van der Waals surface area contributed by atoms with Gasteiger partial charge in [0.25, 0.3) is 0 Å². The SMILES string of the molecule is C=C(CCNC(=O)CCC/C=C\C/C=C\C/C=C\C/C=C\CCCCC)c1nc(C(F)(F)F)c(C)s1. The van der Waals surface area contributed by atoms with E-state index in [9.17, 15) is 18.0 Å². The van der Waals surface area contributed by atoms with Crippen LogP contribution in [0.25, 0.3) is 5.57 Å². The molecule has 0 saturated carbocycles. The van der Waals surface area contributed by atoms with Crippen molar-refractivity contribution >= 4 is 22.8 Å². The zero-order valence-corrected chi connectivity index (χ0v) is 22.5. The molecule has 0 bridgehead atoms. The number of carbonyl (C=O) groups is 1. The van der Waals surface area contributed by atoms with Crippen LogP contribution in [0.5, 0.6) is 0 Å².